The molecule has 8 nitrogen and oxygen atoms in total. The van der Waals surface area contributed by atoms with Crippen LogP contribution in [-0.4, -0.2) is 30.9 Å². The molecule has 11 heteroatoms. The van der Waals surface area contributed by atoms with Gasteiger partial charge in [0.1, 0.15) is 18.4 Å². The van der Waals surface area contributed by atoms with Crippen LogP contribution in [0.1, 0.15) is 47.7 Å². The van der Waals surface area contributed by atoms with E-state index in [-0.39, 0.29) is 24.3 Å². The Morgan fingerprint density at radius 3 is 2.46 bits per heavy atom. The van der Waals surface area contributed by atoms with E-state index in [1.54, 1.807) is 30.7 Å². The highest BCUT2D eigenvalue weighted by Crippen LogP contribution is 2.40. The molecule has 1 aromatic heterocycles. The molecule has 0 amide bonds. The number of allylic oxidation sites excluding steroid dienone is 1. The third-order valence-corrected chi connectivity index (χ3v) is 10.2. The van der Waals surface area contributed by atoms with Crippen LogP contribution in [0.2, 0.25) is 5.02 Å². The van der Waals surface area contributed by atoms with Crippen LogP contribution in [-0.2, 0) is 22.6 Å². The van der Waals surface area contributed by atoms with Crippen molar-refractivity contribution in [3.8, 4) is 17.2 Å². The van der Waals surface area contributed by atoms with Gasteiger partial charge in [0.15, 0.2) is 16.3 Å². The zero-order chi connectivity index (χ0) is 36.8. The van der Waals surface area contributed by atoms with Crippen LogP contribution in [0.15, 0.2) is 117 Å². The number of nitrogens with zero attached hydrogens (tertiary/aromatic N) is 2. The van der Waals surface area contributed by atoms with E-state index in [2.05, 4.69) is 22.5 Å². The molecule has 5 aromatic rings. The Labute approximate surface area is 319 Å². The smallest absolute Gasteiger partial charge is 0.338 e. The second-order valence-corrected chi connectivity index (χ2v) is 14.0. The summed E-state index contributed by atoms with van der Waals surface area (Å²) < 4.78 is 26.5. The molecule has 266 valence electrons. The Morgan fingerprint density at radius 2 is 1.75 bits per heavy atom. The minimum absolute atomic E-state index is 0.143. The maximum atomic E-state index is 14.6. The zero-order valence-corrected chi connectivity index (χ0v) is 32.0. The number of hydrogen-bond acceptors (Lipinski definition) is 8. The number of ether oxygens (including phenoxy) is 4. The largest absolute Gasteiger partial charge is 0.496 e. The number of rotatable bonds is 13. The number of halogens is 2. The second kappa shape index (κ2) is 16.6. The summed E-state index contributed by atoms with van der Waals surface area (Å²) in [6.07, 6.45) is 4.09. The van der Waals surface area contributed by atoms with Crippen LogP contribution in [0.4, 0.5) is 0 Å². The van der Waals surface area contributed by atoms with Crippen molar-refractivity contribution in [2.75, 3.05) is 20.3 Å². The fourth-order valence-electron chi connectivity index (χ4n) is 6.07. The van der Waals surface area contributed by atoms with E-state index in [9.17, 15) is 9.59 Å². The Balaban J connectivity index is 1.57. The molecule has 0 N–H and O–H groups in total. The maximum absolute atomic E-state index is 14.6. The van der Waals surface area contributed by atoms with Crippen LogP contribution < -0.4 is 29.1 Å². The summed E-state index contributed by atoms with van der Waals surface area (Å²) in [5, 5.41) is 0.609. The van der Waals surface area contributed by atoms with Gasteiger partial charge in [0.25, 0.3) is 5.56 Å². The molecule has 0 unspecified atom stereocenters. The summed E-state index contributed by atoms with van der Waals surface area (Å²) in [6, 6.07) is 25.3. The van der Waals surface area contributed by atoms with Gasteiger partial charge in [-0.3, -0.25) is 9.36 Å². The normalized spacial score (nSPS) is 14.0. The van der Waals surface area contributed by atoms with Gasteiger partial charge in [-0.2, -0.15) is 0 Å². The first-order valence-corrected chi connectivity index (χ1v) is 18.6. The number of benzene rings is 4. The highest BCUT2D eigenvalue weighted by atomic mass is 79.9. The van der Waals surface area contributed by atoms with Crippen molar-refractivity contribution in [1.82, 2.24) is 4.57 Å². The van der Waals surface area contributed by atoms with Crippen molar-refractivity contribution >= 4 is 56.6 Å². The van der Waals surface area contributed by atoms with Gasteiger partial charge in [-0.25, -0.2) is 9.79 Å². The van der Waals surface area contributed by atoms with Crippen molar-refractivity contribution in [1.29, 1.82) is 0 Å². The van der Waals surface area contributed by atoms with E-state index in [0.717, 1.165) is 21.2 Å². The third-order valence-electron chi connectivity index (χ3n) is 8.31. The lowest BCUT2D eigenvalue weighted by atomic mass is 9.92. The molecule has 0 aliphatic carbocycles. The SMILES string of the molecule is C=CCc1cc(/C=c2\sc3n(c2=O)[C@@H](c2cc(Br)ccc2OC)C(C(=O)OCC)=C(c2ccccc2)N=3)cc(OCC)c1OCc1ccccc1Cl. The van der Waals surface area contributed by atoms with Gasteiger partial charge in [0.2, 0.25) is 0 Å². The van der Waals surface area contributed by atoms with E-state index >= 15 is 0 Å². The molecular formula is C41H36BrClN2O6S. The first kappa shape index (κ1) is 36.9. The molecular weight excluding hydrogens is 764 g/mol. The van der Waals surface area contributed by atoms with E-state index in [4.69, 9.17) is 35.5 Å². The number of carbonyl (C=O) groups is 1. The number of carbonyl (C=O) groups excluding carboxylic acids is 1. The number of hydrogen-bond donors (Lipinski definition) is 0. The number of fused-ring (bicyclic) bond motifs is 1. The molecule has 6 rings (SSSR count). The van der Waals surface area contributed by atoms with Crippen molar-refractivity contribution in [2.24, 2.45) is 4.99 Å². The Kier molecular flexibility index (Phi) is 11.8. The van der Waals surface area contributed by atoms with Crippen molar-refractivity contribution in [2.45, 2.75) is 32.9 Å². The third kappa shape index (κ3) is 7.65. The first-order chi connectivity index (χ1) is 25.3. The van der Waals surface area contributed by atoms with Gasteiger partial charge in [-0.1, -0.05) is 93.5 Å². The molecule has 0 saturated heterocycles. The lowest BCUT2D eigenvalue weighted by Crippen LogP contribution is -2.40. The Hall–Kier alpha value is -4.90. The lowest BCUT2D eigenvalue weighted by Gasteiger charge is -2.27. The maximum Gasteiger partial charge on any atom is 0.338 e. The molecule has 0 fully saturated rings. The second-order valence-electron chi connectivity index (χ2n) is 11.6. The minimum atomic E-state index is -0.906. The molecule has 4 aromatic carbocycles. The van der Waals surface area contributed by atoms with Gasteiger partial charge in [-0.05, 0) is 68.3 Å². The standard InChI is InChI=1S/C41H36BrClN2O6S/c1-5-13-27-20-25(21-33(49-6-2)38(27)51-24-28-16-11-12-17-31(28)43)22-34-39(46)45-37(30-23-29(42)18-19-32(30)48-4)35(40(47)50-7-3)36(44-41(45)52-34)26-14-9-8-10-15-26/h5,8-12,14-23,37H,1,6-7,13,24H2,2-4H3/b34-22-/t37-/m0/s1. The predicted molar refractivity (Wildman–Crippen MR) is 209 cm³/mol. The fourth-order valence-corrected chi connectivity index (χ4v) is 7.64. The molecule has 52 heavy (non-hydrogen) atoms. The van der Waals surface area contributed by atoms with Gasteiger partial charge in [0, 0.05) is 31.7 Å². The van der Waals surface area contributed by atoms with Crippen LogP contribution in [0.3, 0.4) is 0 Å². The molecule has 0 saturated carbocycles. The average Bonchev–Trinajstić information content (AvgIpc) is 3.45. The average molecular weight is 800 g/mol. The first-order valence-electron chi connectivity index (χ1n) is 16.7. The van der Waals surface area contributed by atoms with Crippen LogP contribution >= 0.6 is 38.9 Å². The molecule has 2 heterocycles. The summed E-state index contributed by atoms with van der Waals surface area (Å²) in [6.45, 7) is 8.38. The summed E-state index contributed by atoms with van der Waals surface area (Å²) in [5.74, 6) is 1.03. The zero-order valence-electron chi connectivity index (χ0n) is 28.9. The van der Waals surface area contributed by atoms with E-state index in [1.165, 1.54) is 11.3 Å². The number of methoxy groups -OCH3 is 1. The number of thiazole rings is 1. The van der Waals surface area contributed by atoms with Gasteiger partial charge in [-0.15, -0.1) is 6.58 Å². The van der Waals surface area contributed by atoms with Gasteiger partial charge >= 0.3 is 5.97 Å². The molecule has 1 aliphatic heterocycles. The molecule has 0 spiro atoms. The lowest BCUT2D eigenvalue weighted by molar-refractivity contribution is -0.138. The molecule has 0 radical (unpaired) electrons. The van der Waals surface area contributed by atoms with Crippen LogP contribution in [0, 0.1) is 0 Å². The fraction of sp³-hybridized carbons (Fsp3) is 0.195. The Morgan fingerprint density at radius 1 is 0.981 bits per heavy atom. The summed E-state index contributed by atoms with van der Waals surface area (Å²) >= 11 is 11.2. The van der Waals surface area contributed by atoms with Crippen LogP contribution in [0.25, 0.3) is 11.8 Å². The van der Waals surface area contributed by atoms with Gasteiger partial charge < -0.3 is 18.9 Å². The molecule has 0 bridgehead atoms. The predicted octanol–water partition coefficient (Wildman–Crippen LogP) is 8.07. The highest BCUT2D eigenvalue weighted by molar-refractivity contribution is 9.10. The van der Waals surface area contributed by atoms with E-state index in [0.29, 0.717) is 61.5 Å². The van der Waals surface area contributed by atoms with Crippen molar-refractivity contribution in [3.05, 3.63) is 160 Å². The van der Waals surface area contributed by atoms with Crippen molar-refractivity contribution < 1.29 is 23.7 Å². The molecule has 1 atom stereocenters. The minimum Gasteiger partial charge on any atom is -0.496 e. The van der Waals surface area contributed by atoms with E-state index < -0.39 is 12.0 Å². The monoisotopic (exact) mass is 798 g/mol. The summed E-state index contributed by atoms with van der Waals surface area (Å²) in [5.41, 5.74) is 4.04. The summed E-state index contributed by atoms with van der Waals surface area (Å²) in [7, 11) is 1.56. The number of aromatic nitrogens is 1. The highest BCUT2D eigenvalue weighted by Gasteiger charge is 2.37. The quantitative estimate of drug-likeness (QED) is 0.0885. The van der Waals surface area contributed by atoms with Crippen molar-refractivity contribution in [3.63, 3.8) is 0 Å². The summed E-state index contributed by atoms with van der Waals surface area (Å²) in [4.78, 5) is 33.9. The van der Waals surface area contributed by atoms with Crippen LogP contribution in [0.5, 0.6) is 17.2 Å². The molecule has 1 aliphatic rings. The van der Waals surface area contributed by atoms with E-state index in [1.807, 2.05) is 91.9 Å². The number of esters is 1. The topological polar surface area (TPSA) is 88.4 Å². The Bertz CT molecular complexity index is 2350. The van der Waals surface area contributed by atoms with Gasteiger partial charge in [0.05, 0.1) is 36.1 Å².